The molecular weight excluding hydrogens is 362 g/mol. The summed E-state index contributed by atoms with van der Waals surface area (Å²) in [6.07, 6.45) is 0.296. The summed E-state index contributed by atoms with van der Waals surface area (Å²) in [4.78, 5) is 12.1. The zero-order valence-electron chi connectivity index (χ0n) is 15.1. The minimum atomic E-state index is -1.26. The van der Waals surface area contributed by atoms with E-state index in [-0.39, 0.29) is 0 Å². The van der Waals surface area contributed by atoms with E-state index in [0.29, 0.717) is 10.6 Å². The van der Waals surface area contributed by atoms with Crippen LogP contribution in [0, 0.1) is 13.8 Å². The molecule has 0 unspecified atom stereocenters. The molecule has 0 saturated carbocycles. The average Bonchev–Trinajstić information content (AvgIpc) is 2.96. The van der Waals surface area contributed by atoms with Crippen molar-refractivity contribution in [1.29, 1.82) is 0 Å². The van der Waals surface area contributed by atoms with Crippen molar-refractivity contribution in [2.75, 3.05) is 0 Å². The van der Waals surface area contributed by atoms with E-state index in [1.807, 2.05) is 54.8 Å². The fourth-order valence-corrected chi connectivity index (χ4v) is 3.16. The molecule has 5 nitrogen and oxygen atoms in total. The van der Waals surface area contributed by atoms with Crippen LogP contribution < -0.4 is 5.43 Å². The molecule has 27 heavy (non-hydrogen) atoms. The molecule has 1 aromatic heterocycles. The lowest BCUT2D eigenvalue weighted by Gasteiger charge is -2.11. The first-order chi connectivity index (χ1) is 13.0. The van der Waals surface area contributed by atoms with Gasteiger partial charge in [0.2, 0.25) is 0 Å². The molecule has 3 rings (SSSR count). The largest absolute Gasteiger partial charge is 0.378 e. The molecule has 0 radical (unpaired) electrons. The average molecular weight is 382 g/mol. The van der Waals surface area contributed by atoms with E-state index in [4.69, 9.17) is 11.6 Å². The normalized spacial score (nSPS) is 12.3. The molecule has 2 N–H and O–H groups in total. The summed E-state index contributed by atoms with van der Waals surface area (Å²) in [5, 5.41) is 14.7. The fraction of sp³-hybridized carbons (Fsp3) is 0.143. The minimum Gasteiger partial charge on any atom is -0.378 e. The lowest BCUT2D eigenvalue weighted by atomic mass is 10.1. The number of aryl methyl sites for hydroxylation is 1. The maximum atomic E-state index is 12.1. The maximum Gasteiger partial charge on any atom is 0.273 e. The van der Waals surface area contributed by atoms with Gasteiger partial charge < -0.3 is 9.67 Å². The van der Waals surface area contributed by atoms with Gasteiger partial charge >= 0.3 is 0 Å². The van der Waals surface area contributed by atoms with E-state index >= 15 is 0 Å². The molecule has 1 atom stereocenters. The van der Waals surface area contributed by atoms with Crippen LogP contribution in [0.25, 0.3) is 5.69 Å². The van der Waals surface area contributed by atoms with Crippen LogP contribution in [-0.2, 0) is 4.79 Å². The number of hydrogen-bond acceptors (Lipinski definition) is 3. The fourth-order valence-electron chi connectivity index (χ4n) is 2.94. The van der Waals surface area contributed by atoms with E-state index in [9.17, 15) is 9.90 Å². The molecule has 0 bridgehead atoms. The van der Waals surface area contributed by atoms with Gasteiger partial charge in [-0.05, 0) is 37.6 Å². The molecule has 0 saturated heterocycles. The summed E-state index contributed by atoms with van der Waals surface area (Å²) in [5.41, 5.74) is 6.58. The van der Waals surface area contributed by atoms with Crippen molar-refractivity contribution in [1.82, 2.24) is 9.99 Å². The van der Waals surface area contributed by atoms with Gasteiger partial charge in [0.15, 0.2) is 6.10 Å². The number of halogens is 1. The van der Waals surface area contributed by atoms with Crippen molar-refractivity contribution in [2.24, 2.45) is 5.10 Å². The van der Waals surface area contributed by atoms with Crippen LogP contribution in [0.3, 0.4) is 0 Å². The van der Waals surface area contributed by atoms with Gasteiger partial charge in [-0.1, -0.05) is 54.1 Å². The third-order valence-electron chi connectivity index (χ3n) is 4.31. The number of rotatable bonds is 5. The van der Waals surface area contributed by atoms with Crippen LogP contribution in [0.1, 0.15) is 28.6 Å². The summed E-state index contributed by atoms with van der Waals surface area (Å²) in [7, 11) is 0. The lowest BCUT2D eigenvalue weighted by Crippen LogP contribution is -2.25. The van der Waals surface area contributed by atoms with Crippen LogP contribution in [0.15, 0.2) is 65.8 Å². The minimum absolute atomic E-state index is 0.516. The number of benzene rings is 2. The Labute approximate surface area is 162 Å². The Kier molecular flexibility index (Phi) is 5.74. The van der Waals surface area contributed by atoms with Crippen molar-refractivity contribution in [2.45, 2.75) is 20.0 Å². The number of carbonyl (C=O) groups excluding carboxylic acids is 1. The first-order valence-electron chi connectivity index (χ1n) is 8.49. The third kappa shape index (κ3) is 4.10. The quantitative estimate of drug-likeness (QED) is 0.519. The zero-order valence-corrected chi connectivity index (χ0v) is 15.8. The highest BCUT2D eigenvalue weighted by molar-refractivity contribution is 6.32. The second-order valence-corrected chi connectivity index (χ2v) is 6.57. The lowest BCUT2D eigenvalue weighted by molar-refractivity contribution is -0.129. The van der Waals surface area contributed by atoms with Crippen LogP contribution >= 0.6 is 11.6 Å². The summed E-state index contributed by atoms with van der Waals surface area (Å²) in [5.74, 6) is -0.586. The zero-order chi connectivity index (χ0) is 19.4. The number of aliphatic hydroxyl groups is 1. The highest BCUT2D eigenvalue weighted by Crippen LogP contribution is 2.25. The number of nitrogens with one attached hydrogen (secondary N) is 1. The van der Waals surface area contributed by atoms with Crippen molar-refractivity contribution in [3.05, 3.63) is 88.2 Å². The number of para-hydroxylation sites is 1. The Balaban J connectivity index is 1.76. The van der Waals surface area contributed by atoms with Crippen LogP contribution in [0.2, 0.25) is 5.02 Å². The maximum absolute atomic E-state index is 12.1. The van der Waals surface area contributed by atoms with Gasteiger partial charge in [-0.3, -0.25) is 4.79 Å². The number of hydrogen-bond donors (Lipinski definition) is 2. The van der Waals surface area contributed by atoms with E-state index in [1.165, 1.54) is 0 Å². The number of aliphatic hydroxyl groups excluding tert-OH is 1. The molecule has 1 amide bonds. The molecule has 6 heteroatoms. The predicted molar refractivity (Wildman–Crippen MR) is 107 cm³/mol. The predicted octanol–water partition coefficient (Wildman–Crippen LogP) is 3.93. The number of aromatic nitrogens is 1. The van der Waals surface area contributed by atoms with Crippen molar-refractivity contribution in [3.63, 3.8) is 0 Å². The Bertz CT molecular complexity index is 980. The first kappa shape index (κ1) is 18.9. The monoisotopic (exact) mass is 381 g/mol. The Hall–Kier alpha value is -2.89. The van der Waals surface area contributed by atoms with E-state index in [0.717, 1.165) is 22.6 Å². The van der Waals surface area contributed by atoms with Crippen LogP contribution in [0.4, 0.5) is 0 Å². The molecule has 3 aromatic rings. The van der Waals surface area contributed by atoms with Gasteiger partial charge in [-0.25, -0.2) is 5.43 Å². The summed E-state index contributed by atoms with van der Waals surface area (Å²) >= 11 is 6.31. The SMILES string of the molecule is Cc1cc(/C=N\NC(=O)[C@H](O)c2ccccc2)c(C)n1-c1ccccc1Cl. The number of amides is 1. The van der Waals surface area contributed by atoms with Crippen molar-refractivity contribution < 1.29 is 9.90 Å². The molecule has 0 fully saturated rings. The van der Waals surface area contributed by atoms with E-state index < -0.39 is 12.0 Å². The molecule has 0 aliphatic heterocycles. The summed E-state index contributed by atoms with van der Waals surface area (Å²) in [6.45, 7) is 3.93. The Morgan fingerprint density at radius 2 is 1.81 bits per heavy atom. The van der Waals surface area contributed by atoms with Gasteiger partial charge in [0, 0.05) is 17.0 Å². The highest BCUT2D eigenvalue weighted by Gasteiger charge is 2.16. The van der Waals surface area contributed by atoms with Gasteiger partial charge in [0.1, 0.15) is 0 Å². The van der Waals surface area contributed by atoms with E-state index in [1.54, 1.807) is 30.5 Å². The highest BCUT2D eigenvalue weighted by atomic mass is 35.5. The van der Waals surface area contributed by atoms with Crippen LogP contribution in [0.5, 0.6) is 0 Å². The smallest absolute Gasteiger partial charge is 0.273 e. The number of carbonyl (C=O) groups is 1. The van der Waals surface area contributed by atoms with Gasteiger partial charge in [-0.2, -0.15) is 5.10 Å². The standard InChI is InChI=1S/C21H20ClN3O2/c1-14-12-17(15(2)25(14)19-11-7-6-10-18(19)22)13-23-24-21(27)20(26)16-8-4-3-5-9-16/h3-13,20,26H,1-2H3,(H,24,27)/b23-13-/t20-/m1/s1. The molecule has 0 aliphatic carbocycles. The molecule has 0 aliphatic rings. The van der Waals surface area contributed by atoms with Crippen molar-refractivity contribution in [3.8, 4) is 5.69 Å². The second-order valence-electron chi connectivity index (χ2n) is 6.16. The molecular formula is C21H20ClN3O2. The Morgan fingerprint density at radius 1 is 1.15 bits per heavy atom. The third-order valence-corrected chi connectivity index (χ3v) is 4.63. The Morgan fingerprint density at radius 3 is 2.52 bits per heavy atom. The number of nitrogens with zero attached hydrogens (tertiary/aromatic N) is 2. The number of hydrazone groups is 1. The van der Waals surface area contributed by atoms with Crippen molar-refractivity contribution >= 4 is 23.7 Å². The molecule has 0 spiro atoms. The van der Waals surface area contributed by atoms with Gasteiger partial charge in [0.25, 0.3) is 5.91 Å². The van der Waals surface area contributed by atoms with Gasteiger partial charge in [0.05, 0.1) is 16.9 Å². The summed E-state index contributed by atoms with van der Waals surface area (Å²) in [6, 6.07) is 18.3. The topological polar surface area (TPSA) is 66.6 Å². The second kappa shape index (κ2) is 8.20. The van der Waals surface area contributed by atoms with Crippen LogP contribution in [-0.4, -0.2) is 21.8 Å². The summed E-state index contributed by atoms with van der Waals surface area (Å²) < 4.78 is 2.03. The van der Waals surface area contributed by atoms with E-state index in [2.05, 4.69) is 10.5 Å². The van der Waals surface area contributed by atoms with Gasteiger partial charge in [-0.15, -0.1) is 0 Å². The molecule has 1 heterocycles. The first-order valence-corrected chi connectivity index (χ1v) is 8.86. The molecule has 138 valence electrons. The molecule has 2 aromatic carbocycles.